The highest BCUT2D eigenvalue weighted by molar-refractivity contribution is 7.09. The van der Waals surface area contributed by atoms with Gasteiger partial charge in [0.1, 0.15) is 0 Å². The Balaban J connectivity index is 0.000000202. The maximum atomic E-state index is 18.3. The van der Waals surface area contributed by atoms with Crippen molar-refractivity contribution < 1.29 is 16.4 Å². The minimum Gasteiger partial charge on any atom is -0.296 e. The highest BCUT2D eigenvalue weighted by Crippen LogP contribution is 2.29. The van der Waals surface area contributed by atoms with E-state index in [0.717, 1.165) is 99.3 Å². The molecule has 0 aliphatic rings. The lowest BCUT2D eigenvalue weighted by atomic mass is 10.1. The van der Waals surface area contributed by atoms with Crippen LogP contribution in [0.1, 0.15) is 101 Å². The fraction of sp³-hybridized carbons (Fsp3) is 0.182. The normalized spacial score (nSPS) is 12.0. The second kappa shape index (κ2) is 34.5. The Labute approximate surface area is 594 Å². The van der Waals surface area contributed by atoms with E-state index in [0.29, 0.717) is 85.0 Å². The summed E-state index contributed by atoms with van der Waals surface area (Å²) in [6.07, 6.45) is 11.6. The molecular weight excluding hydrogens is 1300 g/mol. The van der Waals surface area contributed by atoms with Crippen molar-refractivity contribution >= 4 is 119 Å². The maximum Gasteiger partial charge on any atom is 0.341 e. The third-order valence-electron chi connectivity index (χ3n) is 18.9. The van der Waals surface area contributed by atoms with Crippen molar-refractivity contribution in [3.63, 3.8) is 0 Å². The lowest BCUT2D eigenvalue weighted by molar-refractivity contribution is 0.794. The fourth-order valence-corrected chi connectivity index (χ4v) is 25.9. The lowest BCUT2D eigenvalue weighted by Crippen LogP contribution is -2.64. The van der Waals surface area contributed by atoms with Crippen LogP contribution in [0.4, 0.5) is 39.2 Å². The Morgan fingerprint density at radius 2 is 0.360 bits per heavy atom. The van der Waals surface area contributed by atoms with Crippen molar-refractivity contribution in [2.75, 3.05) is 0 Å². The summed E-state index contributed by atoms with van der Waals surface area (Å²) >= 11 is 0. The van der Waals surface area contributed by atoms with Gasteiger partial charge in [0.15, 0.2) is 0 Å². The van der Waals surface area contributed by atoms with Gasteiger partial charge in [0.05, 0.1) is 22.7 Å². The van der Waals surface area contributed by atoms with Gasteiger partial charge in [0.2, 0.25) is 0 Å². The van der Waals surface area contributed by atoms with Crippen molar-refractivity contribution in [1.29, 1.82) is 0 Å². The van der Waals surface area contributed by atoms with E-state index in [1.165, 1.54) is 0 Å². The van der Waals surface area contributed by atoms with Crippen molar-refractivity contribution in [1.82, 2.24) is 0 Å². The van der Waals surface area contributed by atoms with Gasteiger partial charge < -0.3 is 0 Å². The van der Waals surface area contributed by atoms with Gasteiger partial charge in [-0.25, -0.2) is 0 Å². The molecule has 0 fully saturated rings. The average molecular weight is 1390 g/mol. The molecule has 12 heteroatoms. The van der Waals surface area contributed by atoms with Crippen LogP contribution in [-0.4, -0.2) is 33.6 Å². The molecule has 0 amide bonds. The van der Waals surface area contributed by atoms with E-state index in [4.69, 9.17) is 20.5 Å². The number of hydrogen-bond donors (Lipinski definition) is 0. The second-order valence-corrected chi connectivity index (χ2v) is 37.8. The summed E-state index contributed by atoms with van der Waals surface area (Å²) in [6.45, 7) is 8.65. The Morgan fingerprint density at radius 3 is 0.500 bits per heavy atom. The van der Waals surface area contributed by atoms with Crippen LogP contribution in [0.15, 0.2) is 336 Å². The summed E-state index contributed by atoms with van der Waals surface area (Å²) < 4.78 is 73.4. The Bertz CT molecular complexity index is 3850. The summed E-state index contributed by atoms with van der Waals surface area (Å²) in [6, 6.07) is 99.6. The van der Waals surface area contributed by atoms with Crippen LogP contribution < -0.4 is 62.2 Å². The molecule has 0 unspecified atom stereocenters. The molecule has 0 saturated heterocycles. The number of halogens is 4. The smallest absolute Gasteiger partial charge is 0.296 e. The van der Waals surface area contributed by atoms with Gasteiger partial charge in [-0.3, -0.25) is 16.4 Å². The Kier molecular flexibility index (Phi) is 24.7. The summed E-state index contributed by atoms with van der Waals surface area (Å²) in [5.41, 5.74) is 6.19. The third-order valence-corrected chi connectivity index (χ3v) is 32.5. The van der Waals surface area contributed by atoms with Crippen LogP contribution in [0.2, 0.25) is 0 Å². The van der Waals surface area contributed by atoms with Crippen molar-refractivity contribution in [3.05, 3.63) is 338 Å². The molecule has 0 aliphatic carbocycles. The van der Waals surface area contributed by atoms with Crippen molar-refractivity contribution in [2.24, 2.45) is 20.5 Å². The predicted octanol–water partition coefficient (Wildman–Crippen LogP) is 17.3. The first-order valence-electron chi connectivity index (χ1n) is 35.5. The van der Waals surface area contributed by atoms with E-state index in [1.807, 2.05) is 315 Å². The van der Waals surface area contributed by atoms with Gasteiger partial charge in [-0.1, -0.05) is 345 Å². The molecule has 0 N–H and O–H groups in total. The molecule has 12 aromatic rings. The van der Waals surface area contributed by atoms with Crippen LogP contribution in [-0.2, 0) is 25.7 Å². The molecule has 0 bridgehead atoms. The Morgan fingerprint density at radius 1 is 0.210 bits per heavy atom. The quantitative estimate of drug-likeness (QED) is 0.0154. The summed E-state index contributed by atoms with van der Waals surface area (Å²) in [4.78, 5) is 0. The van der Waals surface area contributed by atoms with Crippen LogP contribution in [0.5, 0.6) is 0 Å². The molecule has 0 aromatic heterocycles. The van der Waals surface area contributed by atoms with Crippen LogP contribution in [0.25, 0.3) is 0 Å². The summed E-state index contributed by atoms with van der Waals surface area (Å²) in [5.74, 6) is 0. The van der Waals surface area contributed by atoms with Gasteiger partial charge in [0.25, 0.3) is 0 Å². The first kappa shape index (κ1) is 71.7. The Hall–Kier alpha value is -9.57. The number of aryl methyl sites for hydroxylation is 4. The highest BCUT2D eigenvalue weighted by Gasteiger charge is 2.47. The highest BCUT2D eigenvalue weighted by atomic mass is 28.4. The molecule has 0 spiro atoms. The minimum atomic E-state index is -4.03. The molecule has 0 heterocycles. The van der Waals surface area contributed by atoms with E-state index in [9.17, 15) is 0 Å². The van der Waals surface area contributed by atoms with E-state index in [2.05, 4.69) is 27.7 Å². The molecule has 0 radical (unpaired) electrons. The van der Waals surface area contributed by atoms with E-state index < -0.39 is 33.6 Å². The van der Waals surface area contributed by atoms with E-state index >= 15 is 16.4 Å². The molecule has 0 atom stereocenters. The maximum absolute atomic E-state index is 18.3. The monoisotopic (exact) mass is 1390 g/mol. The molecule has 0 aliphatic heterocycles. The molecule has 12 aromatic carbocycles. The van der Waals surface area contributed by atoms with Gasteiger partial charge >= 0.3 is 33.6 Å². The first-order chi connectivity index (χ1) is 49.0. The average Bonchev–Trinajstić information content (AvgIpc) is 0.773. The number of benzene rings is 12. The van der Waals surface area contributed by atoms with Gasteiger partial charge in [0, 0.05) is 20.7 Å². The molecule has 100 heavy (non-hydrogen) atoms. The van der Waals surface area contributed by atoms with Crippen LogP contribution in [0, 0.1) is 0 Å². The zero-order valence-corrected chi connectivity index (χ0v) is 61.8. The lowest BCUT2D eigenvalue weighted by Gasteiger charge is -2.26. The van der Waals surface area contributed by atoms with Crippen LogP contribution >= 0.6 is 0 Å². The molecule has 4 nitrogen and oxygen atoms in total. The molecule has 0 saturated carbocycles. The van der Waals surface area contributed by atoms with Crippen LogP contribution in [0.3, 0.4) is 0 Å². The van der Waals surface area contributed by atoms with Gasteiger partial charge in [-0.2, -0.15) is 20.5 Å². The second-order valence-electron chi connectivity index (χ2n) is 25.8. The number of nitrogens with zero attached hydrogens (tertiary/aromatic N) is 4. The van der Waals surface area contributed by atoms with E-state index in [-0.39, 0.29) is 0 Å². The molecule has 504 valence electrons. The standard InChI is InChI=1S/2C44H44F2N2Si2/c2*1-3-5-19-35-29-31-41(43(33-35)49(45,37-21-11-7-12-22-37)38-23-13-8-14-24-38)47-48-42-32-30-36(20-6-4-2)34-44(42)50(46,39-25-15-9-16-26-39)40-27-17-10-18-28-40/h2*7-18,21-34H,3-6,19-20H2,1-2H3. The minimum absolute atomic E-state index is 0.471. The number of unbranched alkanes of at least 4 members (excludes halogenated alkanes) is 4. The topological polar surface area (TPSA) is 49.4 Å². The van der Waals surface area contributed by atoms with Crippen molar-refractivity contribution in [2.45, 2.75) is 105 Å². The SMILES string of the molecule is CCCCc1ccc(N=Nc2ccc(CCCC)cc2[Si](F)(c2ccccc2)c2ccccc2)c([Si](F)(c2ccccc2)c2ccccc2)c1.CCCCc1ccc(N=Nc2ccc(CCCC)cc2[Si](F)(c2ccccc2)c2ccccc2)c([Si](F)(c2ccccc2)c2ccccc2)c1. The summed E-state index contributed by atoms with van der Waals surface area (Å²) in [5, 5.41) is 26.8. The number of hydrogen-bond acceptors (Lipinski definition) is 4. The van der Waals surface area contributed by atoms with Gasteiger partial charge in [-0.05, 0) is 139 Å². The third kappa shape index (κ3) is 16.2. The molecule has 12 rings (SSSR count). The fourth-order valence-electron chi connectivity index (χ4n) is 13.4. The van der Waals surface area contributed by atoms with E-state index in [1.54, 1.807) is 0 Å². The van der Waals surface area contributed by atoms with Crippen molar-refractivity contribution in [3.8, 4) is 0 Å². The zero-order valence-electron chi connectivity index (χ0n) is 57.8. The summed E-state index contributed by atoms with van der Waals surface area (Å²) in [7, 11) is -16.1. The zero-order chi connectivity index (χ0) is 69.6. The number of rotatable bonds is 28. The van der Waals surface area contributed by atoms with Gasteiger partial charge in [-0.15, -0.1) is 0 Å². The predicted molar refractivity (Wildman–Crippen MR) is 423 cm³/mol. The number of azo groups is 2. The first-order valence-corrected chi connectivity index (χ1v) is 43.0. The largest absolute Gasteiger partial charge is 0.341 e. The molecular formula is C88H88F4N4Si4.